The van der Waals surface area contributed by atoms with Gasteiger partial charge in [-0.05, 0) is 31.2 Å². The predicted molar refractivity (Wildman–Crippen MR) is 123 cm³/mol. The van der Waals surface area contributed by atoms with E-state index in [1.165, 1.54) is 0 Å². The minimum Gasteiger partial charge on any atom is -0.495 e. The number of amides is 2. The monoisotopic (exact) mass is 455 g/mol. The molecule has 0 radical (unpaired) electrons. The van der Waals surface area contributed by atoms with Crippen LogP contribution in [0.15, 0.2) is 48.5 Å². The number of aromatic nitrogens is 1. The first-order valence-corrected chi connectivity index (χ1v) is 11.1. The van der Waals surface area contributed by atoms with E-state index in [1.807, 2.05) is 49.4 Å². The van der Waals surface area contributed by atoms with E-state index in [9.17, 15) is 9.59 Å². The molecule has 160 valence electrons. The number of benzene rings is 2. The Kier molecular flexibility index (Phi) is 6.25. The number of ether oxygens (including phenoxy) is 1. The normalized spacial score (nSPS) is 15.9. The molecule has 6 nitrogen and oxygen atoms in total. The molecular weight excluding hydrogens is 434 g/mol. The number of hydrogen-bond donors (Lipinski definition) is 1. The van der Waals surface area contributed by atoms with E-state index in [1.54, 1.807) is 29.4 Å². The van der Waals surface area contributed by atoms with Crippen molar-refractivity contribution in [3.63, 3.8) is 0 Å². The van der Waals surface area contributed by atoms with Gasteiger partial charge in [0.2, 0.25) is 11.8 Å². The average Bonchev–Trinajstić information content (AvgIpc) is 3.35. The highest BCUT2D eigenvalue weighted by molar-refractivity contribution is 7.12. The molecule has 0 spiro atoms. The molecule has 0 saturated carbocycles. The summed E-state index contributed by atoms with van der Waals surface area (Å²) in [6.45, 7) is 2.67. The molecule has 1 aliphatic heterocycles. The van der Waals surface area contributed by atoms with E-state index in [-0.39, 0.29) is 18.2 Å². The summed E-state index contributed by atoms with van der Waals surface area (Å²) in [6, 6.07) is 14.9. The number of methoxy groups -OCH3 is 1. The second kappa shape index (κ2) is 9.08. The summed E-state index contributed by atoms with van der Waals surface area (Å²) in [5.74, 6) is -0.0227. The number of thiazole rings is 1. The number of halogens is 1. The molecule has 2 aromatic carbocycles. The van der Waals surface area contributed by atoms with Crippen molar-refractivity contribution >= 4 is 40.4 Å². The van der Waals surface area contributed by atoms with Gasteiger partial charge in [0, 0.05) is 28.4 Å². The molecule has 1 saturated heterocycles. The van der Waals surface area contributed by atoms with E-state index in [0.29, 0.717) is 29.5 Å². The fraction of sp³-hybridized carbons (Fsp3) is 0.261. The molecule has 3 aromatic rings. The smallest absolute Gasteiger partial charge is 0.227 e. The van der Waals surface area contributed by atoms with E-state index < -0.39 is 5.92 Å². The van der Waals surface area contributed by atoms with Gasteiger partial charge in [0.15, 0.2) is 0 Å². The van der Waals surface area contributed by atoms with Crippen LogP contribution >= 0.6 is 22.9 Å². The zero-order valence-corrected chi connectivity index (χ0v) is 18.8. The minimum absolute atomic E-state index is 0.0835. The third-order valence-electron chi connectivity index (χ3n) is 5.24. The lowest BCUT2D eigenvalue weighted by Crippen LogP contribution is -2.32. The molecule has 1 N–H and O–H groups in total. The fourth-order valence-corrected chi connectivity index (χ4v) is 4.70. The minimum atomic E-state index is -0.408. The highest BCUT2D eigenvalue weighted by Crippen LogP contribution is 2.33. The number of nitrogens with one attached hydrogen (secondary N) is 1. The van der Waals surface area contributed by atoms with E-state index >= 15 is 0 Å². The molecule has 1 fully saturated rings. The van der Waals surface area contributed by atoms with Crippen molar-refractivity contribution in [3.8, 4) is 17.0 Å². The lowest BCUT2D eigenvalue weighted by Gasteiger charge is -2.19. The van der Waals surface area contributed by atoms with Gasteiger partial charge in [-0.25, -0.2) is 4.98 Å². The molecule has 0 aliphatic carbocycles. The summed E-state index contributed by atoms with van der Waals surface area (Å²) in [7, 11) is 1.57. The standard InChI is InChI=1S/C23H22ClN3O3S/c1-14-22(15-7-9-17(24)10-8-15)26-20(31-14)12-25-23(29)16-11-21(28)27(13-16)18-5-3-4-6-19(18)30-2/h3-10,16H,11-13H2,1-2H3,(H,25,29). The molecule has 1 unspecified atom stereocenters. The Morgan fingerprint density at radius 1 is 1.26 bits per heavy atom. The van der Waals surface area contributed by atoms with Crippen molar-refractivity contribution in [1.29, 1.82) is 0 Å². The largest absolute Gasteiger partial charge is 0.495 e. The zero-order chi connectivity index (χ0) is 22.0. The maximum absolute atomic E-state index is 12.7. The molecule has 0 bridgehead atoms. The molecule has 2 heterocycles. The number of rotatable bonds is 6. The molecule has 31 heavy (non-hydrogen) atoms. The van der Waals surface area contributed by atoms with Crippen molar-refractivity contribution in [2.24, 2.45) is 5.92 Å². The van der Waals surface area contributed by atoms with Gasteiger partial charge in [0.05, 0.1) is 31.0 Å². The van der Waals surface area contributed by atoms with Gasteiger partial charge in [-0.2, -0.15) is 0 Å². The van der Waals surface area contributed by atoms with Crippen molar-refractivity contribution in [2.75, 3.05) is 18.6 Å². The van der Waals surface area contributed by atoms with Crippen LogP contribution in [0.1, 0.15) is 16.3 Å². The van der Waals surface area contributed by atoms with Gasteiger partial charge in [0.1, 0.15) is 10.8 Å². The number of aryl methyl sites for hydroxylation is 1. The van der Waals surface area contributed by atoms with Gasteiger partial charge in [-0.15, -0.1) is 11.3 Å². The van der Waals surface area contributed by atoms with Crippen molar-refractivity contribution in [2.45, 2.75) is 19.9 Å². The molecule has 4 rings (SSSR count). The summed E-state index contributed by atoms with van der Waals surface area (Å²) >= 11 is 7.52. The third kappa shape index (κ3) is 4.57. The number of para-hydroxylation sites is 2. The quantitative estimate of drug-likeness (QED) is 0.596. The Bertz CT molecular complexity index is 1110. The van der Waals surface area contributed by atoms with Gasteiger partial charge in [0.25, 0.3) is 0 Å². The topological polar surface area (TPSA) is 71.5 Å². The van der Waals surface area contributed by atoms with Gasteiger partial charge >= 0.3 is 0 Å². The van der Waals surface area contributed by atoms with Crippen LogP contribution in [-0.4, -0.2) is 30.5 Å². The second-order valence-electron chi connectivity index (χ2n) is 7.31. The first-order valence-electron chi connectivity index (χ1n) is 9.89. The predicted octanol–water partition coefficient (Wildman–Crippen LogP) is 4.45. The van der Waals surface area contributed by atoms with Crippen LogP contribution in [0.2, 0.25) is 5.02 Å². The number of nitrogens with zero attached hydrogens (tertiary/aromatic N) is 2. The maximum Gasteiger partial charge on any atom is 0.227 e. The average molecular weight is 456 g/mol. The van der Waals surface area contributed by atoms with Gasteiger partial charge < -0.3 is 15.0 Å². The SMILES string of the molecule is COc1ccccc1N1CC(C(=O)NCc2nc(-c3ccc(Cl)cc3)c(C)s2)CC1=O. The van der Waals surface area contributed by atoms with Crippen LogP contribution in [0.25, 0.3) is 11.3 Å². The molecular formula is C23H22ClN3O3S. The number of carbonyl (C=O) groups excluding carboxylic acids is 2. The third-order valence-corrected chi connectivity index (χ3v) is 6.47. The lowest BCUT2D eigenvalue weighted by molar-refractivity contribution is -0.126. The molecule has 1 aromatic heterocycles. The summed E-state index contributed by atoms with van der Waals surface area (Å²) in [6.07, 6.45) is 0.177. The van der Waals surface area contributed by atoms with Crippen LogP contribution in [0.3, 0.4) is 0 Å². The lowest BCUT2D eigenvalue weighted by atomic mass is 10.1. The maximum atomic E-state index is 12.7. The Labute approximate surface area is 189 Å². The highest BCUT2D eigenvalue weighted by Gasteiger charge is 2.36. The highest BCUT2D eigenvalue weighted by atomic mass is 35.5. The Balaban J connectivity index is 1.40. The van der Waals surface area contributed by atoms with Crippen molar-refractivity contribution in [3.05, 3.63) is 63.4 Å². The van der Waals surface area contributed by atoms with Crippen LogP contribution in [0.4, 0.5) is 5.69 Å². The number of anilines is 1. The molecule has 1 aliphatic rings. The van der Waals surface area contributed by atoms with Crippen molar-refractivity contribution in [1.82, 2.24) is 10.3 Å². The summed E-state index contributed by atoms with van der Waals surface area (Å²) < 4.78 is 5.35. The van der Waals surface area contributed by atoms with Crippen LogP contribution in [0.5, 0.6) is 5.75 Å². The summed E-state index contributed by atoms with van der Waals surface area (Å²) in [5, 5.41) is 4.44. The fourth-order valence-electron chi connectivity index (χ4n) is 3.68. The Morgan fingerprint density at radius 2 is 2.00 bits per heavy atom. The van der Waals surface area contributed by atoms with E-state index in [0.717, 1.165) is 21.1 Å². The van der Waals surface area contributed by atoms with E-state index in [4.69, 9.17) is 16.3 Å². The van der Waals surface area contributed by atoms with Crippen molar-refractivity contribution < 1.29 is 14.3 Å². The first-order chi connectivity index (χ1) is 15.0. The van der Waals surface area contributed by atoms with Crippen LogP contribution in [0, 0.1) is 12.8 Å². The molecule has 8 heteroatoms. The number of carbonyl (C=O) groups is 2. The summed E-state index contributed by atoms with van der Waals surface area (Å²) in [4.78, 5) is 32.6. The first kappa shape index (κ1) is 21.3. The van der Waals surface area contributed by atoms with Gasteiger partial charge in [-0.3, -0.25) is 9.59 Å². The Morgan fingerprint density at radius 3 is 2.74 bits per heavy atom. The molecule has 2 amide bonds. The van der Waals surface area contributed by atoms with Crippen LogP contribution in [-0.2, 0) is 16.1 Å². The Hall–Kier alpha value is -2.90. The summed E-state index contributed by atoms with van der Waals surface area (Å²) in [5.41, 5.74) is 2.57. The number of hydrogen-bond acceptors (Lipinski definition) is 5. The molecule has 1 atom stereocenters. The second-order valence-corrected chi connectivity index (χ2v) is 9.04. The van der Waals surface area contributed by atoms with Crippen LogP contribution < -0.4 is 15.0 Å². The zero-order valence-electron chi connectivity index (χ0n) is 17.2. The van der Waals surface area contributed by atoms with Gasteiger partial charge in [-0.1, -0.05) is 35.9 Å². The van der Waals surface area contributed by atoms with E-state index in [2.05, 4.69) is 10.3 Å².